The number of aromatic nitrogens is 2. The highest BCUT2D eigenvalue weighted by Crippen LogP contribution is 2.19. The van der Waals surface area contributed by atoms with E-state index in [0.717, 1.165) is 5.69 Å². The Morgan fingerprint density at radius 3 is 3.05 bits per heavy atom. The number of thiophene rings is 1. The molecule has 0 aromatic carbocycles. The van der Waals surface area contributed by atoms with Crippen LogP contribution in [-0.4, -0.2) is 22.4 Å². The summed E-state index contributed by atoms with van der Waals surface area (Å²) in [5.41, 5.74) is 1.37. The lowest BCUT2D eigenvalue weighted by Gasteiger charge is -2.13. The van der Waals surface area contributed by atoms with Crippen LogP contribution in [0.1, 0.15) is 40.8 Å². The third-order valence-corrected chi connectivity index (χ3v) is 4.16. The number of carbonyl (C=O) groups excluding carboxylic acids is 1. The van der Waals surface area contributed by atoms with Crippen molar-refractivity contribution in [2.24, 2.45) is 7.05 Å². The molecule has 108 valence electrons. The highest BCUT2D eigenvalue weighted by atomic mass is 32.1. The number of carbonyl (C=O) groups is 1. The van der Waals surface area contributed by atoms with E-state index >= 15 is 0 Å². The second kappa shape index (κ2) is 6.67. The average Bonchev–Trinajstić information content (AvgIpc) is 3.06. The van der Waals surface area contributed by atoms with E-state index in [4.69, 9.17) is 4.74 Å². The summed E-state index contributed by atoms with van der Waals surface area (Å²) in [7, 11) is 1.83. The summed E-state index contributed by atoms with van der Waals surface area (Å²) < 4.78 is 6.75. The number of hydrogen-bond acceptors (Lipinski definition) is 5. The zero-order valence-corrected chi connectivity index (χ0v) is 12.7. The largest absolute Gasteiger partial charge is 0.462 e. The van der Waals surface area contributed by atoms with Crippen LogP contribution >= 0.6 is 11.3 Å². The number of ether oxygens (including phenoxy) is 1. The van der Waals surface area contributed by atoms with Crippen molar-refractivity contribution in [2.45, 2.75) is 26.4 Å². The molecule has 2 heterocycles. The molecule has 0 unspecified atom stereocenters. The minimum Gasteiger partial charge on any atom is -0.462 e. The van der Waals surface area contributed by atoms with E-state index in [2.05, 4.69) is 28.8 Å². The Morgan fingerprint density at radius 2 is 2.40 bits per heavy atom. The normalized spacial score (nSPS) is 12.3. The lowest BCUT2D eigenvalue weighted by Crippen LogP contribution is -2.21. The Bertz CT molecular complexity index is 563. The molecule has 1 N–H and O–H groups in total. The van der Waals surface area contributed by atoms with E-state index < -0.39 is 0 Å². The van der Waals surface area contributed by atoms with Crippen LogP contribution in [0.4, 0.5) is 0 Å². The highest BCUT2D eigenvalue weighted by molar-refractivity contribution is 7.10. The topological polar surface area (TPSA) is 56.1 Å². The van der Waals surface area contributed by atoms with Gasteiger partial charge in [-0.2, -0.15) is 5.10 Å². The van der Waals surface area contributed by atoms with Crippen molar-refractivity contribution in [3.63, 3.8) is 0 Å². The monoisotopic (exact) mass is 293 g/mol. The molecule has 0 spiro atoms. The molecule has 2 aromatic heterocycles. The summed E-state index contributed by atoms with van der Waals surface area (Å²) in [6, 6.07) is 4.37. The van der Waals surface area contributed by atoms with Gasteiger partial charge in [0.2, 0.25) is 0 Å². The molecular weight excluding hydrogens is 274 g/mol. The van der Waals surface area contributed by atoms with Gasteiger partial charge >= 0.3 is 5.97 Å². The highest BCUT2D eigenvalue weighted by Gasteiger charge is 2.17. The Morgan fingerprint density at radius 1 is 1.60 bits per heavy atom. The van der Waals surface area contributed by atoms with Crippen LogP contribution < -0.4 is 5.32 Å². The molecule has 0 fully saturated rings. The van der Waals surface area contributed by atoms with Gasteiger partial charge in [0.05, 0.1) is 18.5 Å². The molecule has 0 aliphatic heterocycles. The van der Waals surface area contributed by atoms with E-state index in [9.17, 15) is 4.79 Å². The Balaban J connectivity index is 2.05. The van der Waals surface area contributed by atoms with E-state index in [1.165, 1.54) is 4.88 Å². The molecule has 0 radical (unpaired) electrons. The number of rotatable bonds is 6. The first-order valence-electron chi connectivity index (χ1n) is 6.58. The molecular formula is C14H19N3O2S. The first-order chi connectivity index (χ1) is 9.63. The van der Waals surface area contributed by atoms with Gasteiger partial charge in [-0.05, 0) is 25.3 Å². The van der Waals surface area contributed by atoms with Crippen LogP contribution in [0.2, 0.25) is 0 Å². The standard InChI is InChI=1S/C14H19N3O2S/c1-4-19-14(18)11-8-16-17(3)12(11)9-15-10(2)13-6-5-7-20-13/h5-8,10,15H,4,9H2,1-3H3/t10-/m1/s1. The Labute approximate surface area is 122 Å². The van der Waals surface area contributed by atoms with Crippen molar-refractivity contribution in [3.05, 3.63) is 39.8 Å². The summed E-state index contributed by atoms with van der Waals surface area (Å²) >= 11 is 1.71. The fourth-order valence-corrected chi connectivity index (χ4v) is 2.70. The molecule has 5 nitrogen and oxygen atoms in total. The number of hydrogen-bond donors (Lipinski definition) is 1. The summed E-state index contributed by atoms with van der Waals surface area (Å²) in [4.78, 5) is 13.1. The molecule has 0 saturated heterocycles. The van der Waals surface area contributed by atoms with Gasteiger partial charge < -0.3 is 10.1 Å². The summed E-state index contributed by atoms with van der Waals surface area (Å²) in [5.74, 6) is -0.318. The van der Waals surface area contributed by atoms with Gasteiger partial charge in [-0.25, -0.2) is 4.79 Å². The van der Waals surface area contributed by atoms with Gasteiger partial charge in [-0.3, -0.25) is 4.68 Å². The first kappa shape index (κ1) is 14.7. The summed E-state index contributed by atoms with van der Waals surface area (Å²) in [6.45, 7) is 4.84. The quantitative estimate of drug-likeness (QED) is 0.831. The Kier molecular flexibility index (Phi) is 4.92. The fraction of sp³-hybridized carbons (Fsp3) is 0.429. The fourth-order valence-electron chi connectivity index (χ4n) is 1.94. The SMILES string of the molecule is CCOC(=O)c1cnn(C)c1CN[C@H](C)c1cccs1. The minimum absolute atomic E-state index is 0.236. The smallest absolute Gasteiger partial charge is 0.341 e. The maximum atomic E-state index is 11.9. The lowest BCUT2D eigenvalue weighted by molar-refractivity contribution is 0.0524. The van der Waals surface area contributed by atoms with E-state index in [-0.39, 0.29) is 12.0 Å². The average molecular weight is 293 g/mol. The van der Waals surface area contributed by atoms with Gasteiger partial charge in [-0.15, -0.1) is 11.3 Å². The number of nitrogens with zero attached hydrogens (tertiary/aromatic N) is 2. The molecule has 0 aliphatic rings. The molecule has 0 amide bonds. The van der Waals surface area contributed by atoms with Crippen LogP contribution in [0.25, 0.3) is 0 Å². The summed E-state index contributed by atoms with van der Waals surface area (Å²) in [5, 5.41) is 9.60. The van der Waals surface area contributed by atoms with Gasteiger partial charge in [0, 0.05) is 24.5 Å². The third kappa shape index (κ3) is 3.26. The van der Waals surface area contributed by atoms with Gasteiger partial charge in [0.25, 0.3) is 0 Å². The number of aryl methyl sites for hydroxylation is 1. The van der Waals surface area contributed by atoms with Crippen LogP contribution in [0.5, 0.6) is 0 Å². The molecule has 20 heavy (non-hydrogen) atoms. The van der Waals surface area contributed by atoms with E-state index in [1.807, 2.05) is 13.1 Å². The van der Waals surface area contributed by atoms with Crippen molar-refractivity contribution >= 4 is 17.3 Å². The zero-order chi connectivity index (χ0) is 14.5. The zero-order valence-electron chi connectivity index (χ0n) is 11.9. The third-order valence-electron chi connectivity index (χ3n) is 3.10. The van der Waals surface area contributed by atoms with E-state index in [1.54, 1.807) is 29.1 Å². The van der Waals surface area contributed by atoms with Gasteiger partial charge in [-0.1, -0.05) is 6.07 Å². The predicted octanol–water partition coefficient (Wildman–Crippen LogP) is 2.51. The van der Waals surface area contributed by atoms with Gasteiger partial charge in [0.15, 0.2) is 0 Å². The second-order valence-electron chi connectivity index (χ2n) is 4.47. The molecule has 2 aromatic rings. The predicted molar refractivity (Wildman–Crippen MR) is 78.7 cm³/mol. The van der Waals surface area contributed by atoms with Crippen molar-refractivity contribution in [2.75, 3.05) is 6.61 Å². The Hall–Kier alpha value is -1.66. The molecule has 0 saturated carbocycles. The molecule has 1 atom stereocenters. The minimum atomic E-state index is -0.318. The summed E-state index contributed by atoms with van der Waals surface area (Å²) in [6.07, 6.45) is 1.56. The van der Waals surface area contributed by atoms with E-state index in [0.29, 0.717) is 18.7 Å². The maximum absolute atomic E-state index is 11.9. The number of esters is 1. The van der Waals surface area contributed by atoms with Crippen molar-refractivity contribution in [1.82, 2.24) is 15.1 Å². The second-order valence-corrected chi connectivity index (χ2v) is 5.45. The van der Waals surface area contributed by atoms with Crippen LogP contribution in [0.3, 0.4) is 0 Å². The van der Waals surface area contributed by atoms with Crippen molar-refractivity contribution in [1.29, 1.82) is 0 Å². The van der Waals surface area contributed by atoms with Gasteiger partial charge in [0.1, 0.15) is 5.56 Å². The van der Waals surface area contributed by atoms with Crippen LogP contribution in [0, 0.1) is 0 Å². The van der Waals surface area contributed by atoms with Crippen molar-refractivity contribution in [3.8, 4) is 0 Å². The molecule has 6 heteroatoms. The van der Waals surface area contributed by atoms with Crippen LogP contribution in [0.15, 0.2) is 23.7 Å². The number of nitrogens with one attached hydrogen (secondary N) is 1. The van der Waals surface area contributed by atoms with Crippen LogP contribution in [-0.2, 0) is 18.3 Å². The maximum Gasteiger partial charge on any atom is 0.341 e. The molecule has 0 aliphatic carbocycles. The molecule has 0 bridgehead atoms. The lowest BCUT2D eigenvalue weighted by atomic mass is 10.2. The first-order valence-corrected chi connectivity index (χ1v) is 7.46. The van der Waals surface area contributed by atoms with Crippen molar-refractivity contribution < 1.29 is 9.53 Å². The molecule has 2 rings (SSSR count).